The standard InChI is InChI=1S/C21H35N2O3.ClH/c1-2-3-4-5-6-7-8-9-11-14-21(25)26-18-17-23(20-24)19-22-15-12-10-13-16-22;/h10,12-13,15-16,20H,2-9,11,14,17-19H2,1H3;1H/q+1;/p-1. The molecule has 0 aliphatic heterocycles. The number of carbonyl (C=O) groups excluding carboxylic acids is 2. The highest BCUT2D eigenvalue weighted by atomic mass is 35.5. The number of aromatic nitrogens is 1. The van der Waals surface area contributed by atoms with E-state index < -0.39 is 0 Å². The van der Waals surface area contributed by atoms with Crippen molar-refractivity contribution >= 4 is 12.4 Å². The lowest BCUT2D eigenvalue weighted by Gasteiger charge is -2.13. The van der Waals surface area contributed by atoms with Gasteiger partial charge in [0.2, 0.25) is 13.1 Å². The molecule has 0 aliphatic carbocycles. The molecule has 0 atom stereocenters. The molecule has 0 aliphatic rings. The van der Waals surface area contributed by atoms with Crippen LogP contribution in [0.25, 0.3) is 0 Å². The molecule has 1 aromatic rings. The van der Waals surface area contributed by atoms with Crippen LogP contribution in [0.1, 0.15) is 71.1 Å². The van der Waals surface area contributed by atoms with Crippen molar-refractivity contribution in [2.75, 3.05) is 13.2 Å². The van der Waals surface area contributed by atoms with Gasteiger partial charge in [-0.25, -0.2) is 0 Å². The molecule has 0 spiro atoms. The van der Waals surface area contributed by atoms with Crippen LogP contribution >= 0.6 is 0 Å². The van der Waals surface area contributed by atoms with Gasteiger partial charge >= 0.3 is 5.97 Å². The average Bonchev–Trinajstić information content (AvgIpc) is 2.66. The van der Waals surface area contributed by atoms with E-state index in [1.807, 2.05) is 35.2 Å². The lowest BCUT2D eigenvalue weighted by molar-refractivity contribution is -0.712. The second-order valence-corrected chi connectivity index (χ2v) is 6.75. The third-order valence-corrected chi connectivity index (χ3v) is 4.40. The Hall–Kier alpha value is -1.62. The van der Waals surface area contributed by atoms with E-state index in [0.29, 0.717) is 19.6 Å². The summed E-state index contributed by atoms with van der Waals surface area (Å²) in [6, 6.07) is 5.75. The highest BCUT2D eigenvalue weighted by Crippen LogP contribution is 2.10. The van der Waals surface area contributed by atoms with Crippen LogP contribution in [0, 0.1) is 0 Å². The van der Waals surface area contributed by atoms with Gasteiger partial charge in [0.05, 0.1) is 6.54 Å². The summed E-state index contributed by atoms with van der Waals surface area (Å²) in [5.41, 5.74) is 0. The summed E-state index contributed by atoms with van der Waals surface area (Å²) in [5.74, 6) is -0.161. The quantitative estimate of drug-likeness (QED) is 0.179. The monoisotopic (exact) mass is 398 g/mol. The Kier molecular flexibility index (Phi) is 16.7. The zero-order valence-electron chi connectivity index (χ0n) is 16.7. The molecule has 1 aromatic heterocycles. The third kappa shape index (κ3) is 14.1. The highest BCUT2D eigenvalue weighted by molar-refractivity contribution is 5.69. The maximum absolute atomic E-state index is 11.7. The molecule has 0 unspecified atom stereocenters. The molecule has 5 nitrogen and oxygen atoms in total. The number of carbonyl (C=O) groups is 2. The van der Waals surface area contributed by atoms with Crippen molar-refractivity contribution in [1.82, 2.24) is 4.90 Å². The second kappa shape index (κ2) is 17.8. The molecule has 154 valence electrons. The first kappa shape index (κ1) is 25.4. The van der Waals surface area contributed by atoms with E-state index in [9.17, 15) is 9.59 Å². The number of hydrogen-bond donors (Lipinski definition) is 0. The number of nitrogens with zero attached hydrogens (tertiary/aromatic N) is 2. The van der Waals surface area contributed by atoms with Gasteiger partial charge in [-0.1, -0.05) is 64.4 Å². The number of halogens is 1. The van der Waals surface area contributed by atoms with Crippen molar-refractivity contribution in [3.63, 3.8) is 0 Å². The van der Waals surface area contributed by atoms with Crippen LogP contribution in [0.3, 0.4) is 0 Å². The number of ether oxygens (including phenoxy) is 1. The maximum Gasteiger partial charge on any atom is 0.305 e. The van der Waals surface area contributed by atoms with Crippen molar-refractivity contribution in [3.8, 4) is 0 Å². The topological polar surface area (TPSA) is 50.5 Å². The zero-order chi connectivity index (χ0) is 18.9. The van der Waals surface area contributed by atoms with Gasteiger partial charge in [-0.3, -0.25) is 14.5 Å². The van der Waals surface area contributed by atoms with Crippen molar-refractivity contribution in [3.05, 3.63) is 30.6 Å². The summed E-state index contributed by atoms with van der Waals surface area (Å²) in [5, 5.41) is 0. The second-order valence-electron chi connectivity index (χ2n) is 6.75. The van der Waals surface area contributed by atoms with E-state index in [4.69, 9.17) is 4.74 Å². The fraction of sp³-hybridized carbons (Fsp3) is 0.667. The summed E-state index contributed by atoms with van der Waals surface area (Å²) in [6.07, 6.45) is 16.1. The van der Waals surface area contributed by atoms with Crippen LogP contribution in [0.2, 0.25) is 0 Å². The molecular weight excluding hydrogens is 364 g/mol. The normalized spacial score (nSPS) is 10.1. The molecule has 1 amide bonds. The maximum atomic E-state index is 11.7. The van der Waals surface area contributed by atoms with Crippen molar-refractivity contribution < 1.29 is 31.3 Å². The molecule has 0 saturated carbocycles. The number of pyridine rings is 1. The minimum absolute atomic E-state index is 0. The van der Waals surface area contributed by atoms with Crippen LogP contribution in [0.5, 0.6) is 0 Å². The molecule has 0 aromatic carbocycles. The number of rotatable bonds is 16. The smallest absolute Gasteiger partial charge is 0.305 e. The first-order valence-electron chi connectivity index (χ1n) is 10.0. The first-order valence-corrected chi connectivity index (χ1v) is 10.0. The Morgan fingerprint density at radius 2 is 1.56 bits per heavy atom. The molecule has 6 heteroatoms. The minimum atomic E-state index is -0.161. The van der Waals surface area contributed by atoms with Gasteiger partial charge in [-0.2, -0.15) is 4.57 Å². The van der Waals surface area contributed by atoms with E-state index in [-0.39, 0.29) is 25.0 Å². The summed E-state index contributed by atoms with van der Waals surface area (Å²) in [6.45, 7) is 3.36. The Balaban J connectivity index is 0.00000676. The van der Waals surface area contributed by atoms with E-state index in [1.165, 1.54) is 44.9 Å². The molecule has 1 rings (SSSR count). The molecular formula is C21H35ClN2O3. The molecule has 0 saturated heterocycles. The van der Waals surface area contributed by atoms with Crippen LogP contribution < -0.4 is 17.0 Å². The Morgan fingerprint density at radius 3 is 2.15 bits per heavy atom. The van der Waals surface area contributed by atoms with Gasteiger partial charge in [0.15, 0.2) is 12.4 Å². The number of unbranched alkanes of at least 4 members (excludes halogenated alkanes) is 8. The third-order valence-electron chi connectivity index (χ3n) is 4.40. The Labute approximate surface area is 170 Å². The summed E-state index contributed by atoms with van der Waals surface area (Å²) < 4.78 is 7.14. The van der Waals surface area contributed by atoms with E-state index in [2.05, 4.69) is 6.92 Å². The SMILES string of the molecule is CCCCCCCCCCCC(=O)OCCN(C=O)C[n+]1ccccc1.[Cl-]. The number of amides is 1. The largest absolute Gasteiger partial charge is 1.00 e. The molecule has 0 fully saturated rings. The lowest BCUT2D eigenvalue weighted by atomic mass is 10.1. The minimum Gasteiger partial charge on any atom is -1.00 e. The van der Waals surface area contributed by atoms with Gasteiger partial charge in [0, 0.05) is 18.6 Å². The fourth-order valence-corrected chi connectivity index (χ4v) is 2.82. The predicted molar refractivity (Wildman–Crippen MR) is 102 cm³/mol. The molecule has 27 heavy (non-hydrogen) atoms. The van der Waals surface area contributed by atoms with Crippen LogP contribution in [0.4, 0.5) is 0 Å². The summed E-state index contributed by atoms with van der Waals surface area (Å²) in [4.78, 5) is 24.4. The van der Waals surface area contributed by atoms with Crippen LogP contribution in [-0.4, -0.2) is 30.4 Å². The van der Waals surface area contributed by atoms with E-state index in [0.717, 1.165) is 19.3 Å². The van der Waals surface area contributed by atoms with E-state index >= 15 is 0 Å². The van der Waals surface area contributed by atoms with Gasteiger partial charge in [-0.15, -0.1) is 0 Å². The number of hydrogen-bond acceptors (Lipinski definition) is 3. The zero-order valence-corrected chi connectivity index (χ0v) is 17.4. The molecule has 1 heterocycles. The van der Waals surface area contributed by atoms with Gasteiger partial charge in [0.25, 0.3) is 0 Å². The summed E-state index contributed by atoms with van der Waals surface area (Å²) >= 11 is 0. The molecule has 0 bridgehead atoms. The Bertz CT molecular complexity index is 486. The Morgan fingerprint density at radius 1 is 0.963 bits per heavy atom. The van der Waals surface area contributed by atoms with Gasteiger partial charge in [0.1, 0.15) is 6.61 Å². The van der Waals surface area contributed by atoms with Crippen molar-refractivity contribution in [1.29, 1.82) is 0 Å². The average molecular weight is 399 g/mol. The fourth-order valence-electron chi connectivity index (χ4n) is 2.82. The van der Waals surface area contributed by atoms with Gasteiger partial charge in [-0.05, 0) is 6.42 Å². The van der Waals surface area contributed by atoms with Crippen molar-refractivity contribution in [2.45, 2.75) is 77.8 Å². The molecule has 0 radical (unpaired) electrons. The van der Waals surface area contributed by atoms with Gasteiger partial charge < -0.3 is 17.1 Å². The van der Waals surface area contributed by atoms with E-state index in [1.54, 1.807) is 4.90 Å². The lowest BCUT2D eigenvalue weighted by Crippen LogP contribution is -3.00. The summed E-state index contributed by atoms with van der Waals surface area (Å²) in [7, 11) is 0. The number of esters is 1. The van der Waals surface area contributed by atoms with Crippen LogP contribution in [-0.2, 0) is 21.0 Å². The highest BCUT2D eigenvalue weighted by Gasteiger charge is 2.09. The van der Waals surface area contributed by atoms with Crippen LogP contribution in [0.15, 0.2) is 30.6 Å². The first-order chi connectivity index (χ1) is 12.8. The molecule has 0 N–H and O–H groups in total. The predicted octanol–water partition coefficient (Wildman–Crippen LogP) is 0.858. The van der Waals surface area contributed by atoms with Crippen molar-refractivity contribution in [2.24, 2.45) is 0 Å².